The first-order valence-corrected chi connectivity index (χ1v) is 15.5. The Morgan fingerprint density at radius 1 is 0.806 bits per heavy atom. The van der Waals surface area contributed by atoms with Crippen LogP contribution in [0.2, 0.25) is 0 Å². The molecule has 196 valence electrons. The van der Waals surface area contributed by atoms with Gasteiger partial charge in [0.15, 0.2) is 5.78 Å². The fourth-order valence-electron chi connectivity index (χ4n) is 4.78. The van der Waals surface area contributed by atoms with Gasteiger partial charge in [0, 0.05) is 36.9 Å². The SMILES string of the molecule is CC1CCN(S(=O)(=O)c2ccc(C(=O)CNc3ccc(S(=O)(=O)N4CCCCC4C)cc3)cc2)CC1. The number of sulfonamides is 2. The first kappa shape index (κ1) is 26.8. The van der Waals surface area contributed by atoms with Crippen LogP contribution >= 0.6 is 0 Å². The monoisotopic (exact) mass is 533 g/mol. The zero-order valence-corrected chi connectivity index (χ0v) is 22.5. The Labute approximate surface area is 214 Å². The predicted molar refractivity (Wildman–Crippen MR) is 140 cm³/mol. The van der Waals surface area contributed by atoms with E-state index >= 15 is 0 Å². The van der Waals surface area contributed by atoms with Gasteiger partial charge in [0.1, 0.15) is 0 Å². The highest BCUT2D eigenvalue weighted by Gasteiger charge is 2.31. The molecular formula is C26H35N3O5S2. The normalized spacial score (nSPS) is 20.8. The van der Waals surface area contributed by atoms with E-state index in [1.165, 1.54) is 16.4 Å². The van der Waals surface area contributed by atoms with Crippen molar-refractivity contribution in [1.29, 1.82) is 0 Å². The van der Waals surface area contributed by atoms with Crippen molar-refractivity contribution < 1.29 is 21.6 Å². The van der Waals surface area contributed by atoms with Gasteiger partial charge in [-0.25, -0.2) is 16.8 Å². The molecule has 2 heterocycles. The average molecular weight is 534 g/mol. The highest BCUT2D eigenvalue weighted by Crippen LogP contribution is 2.26. The van der Waals surface area contributed by atoms with Gasteiger partial charge in [-0.2, -0.15) is 8.61 Å². The van der Waals surface area contributed by atoms with Crippen molar-refractivity contribution in [3.05, 3.63) is 54.1 Å². The Morgan fingerprint density at radius 2 is 1.39 bits per heavy atom. The standard InChI is InChI=1S/C26H35N3O5S2/c1-20-14-17-28(18-15-20)35(31,32)24-10-6-22(7-11-24)26(30)19-27-23-8-12-25(13-9-23)36(33,34)29-16-4-3-5-21(29)2/h6-13,20-21,27H,3-5,14-19H2,1-2H3. The quantitative estimate of drug-likeness (QED) is 0.515. The lowest BCUT2D eigenvalue weighted by Gasteiger charge is -2.32. The molecule has 8 nitrogen and oxygen atoms in total. The smallest absolute Gasteiger partial charge is 0.243 e. The van der Waals surface area contributed by atoms with Crippen LogP contribution in [0.1, 0.15) is 56.3 Å². The third-order valence-corrected chi connectivity index (χ3v) is 11.2. The van der Waals surface area contributed by atoms with Crippen LogP contribution in [0.15, 0.2) is 58.3 Å². The molecule has 2 saturated heterocycles. The second-order valence-electron chi connectivity index (χ2n) is 9.87. The van der Waals surface area contributed by atoms with Crippen molar-refractivity contribution in [3.63, 3.8) is 0 Å². The van der Waals surface area contributed by atoms with Crippen molar-refractivity contribution in [3.8, 4) is 0 Å². The minimum atomic E-state index is -3.56. The Bertz CT molecular complexity index is 1270. The molecule has 0 aromatic heterocycles. The fraction of sp³-hybridized carbons (Fsp3) is 0.500. The average Bonchev–Trinajstić information content (AvgIpc) is 2.88. The molecule has 4 rings (SSSR count). The van der Waals surface area contributed by atoms with Gasteiger partial charge in [0.25, 0.3) is 0 Å². The van der Waals surface area contributed by atoms with E-state index in [2.05, 4.69) is 12.2 Å². The number of carbonyl (C=O) groups excluding carboxylic acids is 1. The second-order valence-corrected chi connectivity index (χ2v) is 13.7. The largest absolute Gasteiger partial charge is 0.378 e. The van der Waals surface area contributed by atoms with Crippen LogP contribution in [0.25, 0.3) is 0 Å². The van der Waals surface area contributed by atoms with Crippen molar-refractivity contribution >= 4 is 31.5 Å². The summed E-state index contributed by atoms with van der Waals surface area (Å²) in [5.41, 5.74) is 1.04. The summed E-state index contributed by atoms with van der Waals surface area (Å²) < 4.78 is 54.8. The molecule has 0 spiro atoms. The molecule has 0 amide bonds. The molecule has 1 atom stereocenters. The van der Waals surface area contributed by atoms with E-state index < -0.39 is 20.0 Å². The van der Waals surface area contributed by atoms with Crippen LogP contribution in [0.4, 0.5) is 5.69 Å². The van der Waals surface area contributed by atoms with Gasteiger partial charge in [-0.3, -0.25) is 4.79 Å². The Kier molecular flexibility index (Phi) is 8.18. The topological polar surface area (TPSA) is 104 Å². The number of nitrogens with zero attached hydrogens (tertiary/aromatic N) is 2. The minimum absolute atomic E-state index is 0.00532. The molecule has 36 heavy (non-hydrogen) atoms. The number of piperidine rings is 2. The lowest BCUT2D eigenvalue weighted by molar-refractivity contribution is 0.101. The van der Waals surface area contributed by atoms with Crippen LogP contribution in [-0.4, -0.2) is 63.5 Å². The molecule has 2 aliphatic rings. The third-order valence-electron chi connectivity index (χ3n) is 7.21. The Hall–Kier alpha value is -2.27. The Morgan fingerprint density at radius 3 is 2.00 bits per heavy atom. The number of hydrogen-bond donors (Lipinski definition) is 1. The lowest BCUT2D eigenvalue weighted by Crippen LogP contribution is -2.41. The first-order chi connectivity index (χ1) is 17.1. The van der Waals surface area contributed by atoms with Gasteiger partial charge < -0.3 is 5.32 Å². The second kappa shape index (κ2) is 11.0. The summed E-state index contributed by atoms with van der Waals surface area (Å²) in [7, 11) is -7.10. The maximum atomic E-state index is 13.0. The van der Waals surface area contributed by atoms with E-state index in [1.807, 2.05) is 6.92 Å². The highest BCUT2D eigenvalue weighted by atomic mass is 32.2. The number of carbonyl (C=O) groups is 1. The zero-order chi connectivity index (χ0) is 25.9. The predicted octanol–water partition coefficient (Wildman–Crippen LogP) is 3.97. The molecule has 2 aliphatic heterocycles. The van der Waals surface area contributed by atoms with Crippen LogP contribution in [0, 0.1) is 5.92 Å². The van der Waals surface area contributed by atoms with Crippen molar-refractivity contribution in [1.82, 2.24) is 8.61 Å². The van der Waals surface area contributed by atoms with Gasteiger partial charge in [0.05, 0.1) is 16.3 Å². The van der Waals surface area contributed by atoms with E-state index in [9.17, 15) is 21.6 Å². The van der Waals surface area contributed by atoms with Gasteiger partial charge in [-0.15, -0.1) is 0 Å². The summed E-state index contributed by atoms with van der Waals surface area (Å²) in [6.07, 6.45) is 4.49. The minimum Gasteiger partial charge on any atom is -0.378 e. The summed E-state index contributed by atoms with van der Waals surface area (Å²) in [4.78, 5) is 13.1. The molecule has 2 aromatic carbocycles. The molecule has 0 bridgehead atoms. The fourth-order valence-corrected chi connectivity index (χ4v) is 7.95. The lowest BCUT2D eigenvalue weighted by atomic mass is 10.0. The van der Waals surface area contributed by atoms with E-state index in [1.54, 1.807) is 40.7 Å². The van der Waals surface area contributed by atoms with Crippen molar-refractivity contribution in [2.24, 2.45) is 5.92 Å². The van der Waals surface area contributed by atoms with Crippen LogP contribution < -0.4 is 5.32 Å². The summed E-state index contributed by atoms with van der Waals surface area (Å²) in [6.45, 7) is 5.65. The van der Waals surface area contributed by atoms with Gasteiger partial charge in [-0.05, 0) is 87.1 Å². The van der Waals surface area contributed by atoms with Crippen molar-refractivity contribution in [2.45, 2.75) is 61.8 Å². The van der Waals surface area contributed by atoms with E-state index in [4.69, 9.17) is 0 Å². The molecule has 2 aromatic rings. The maximum Gasteiger partial charge on any atom is 0.243 e. The number of benzene rings is 2. The summed E-state index contributed by atoms with van der Waals surface area (Å²) in [5, 5.41) is 3.03. The Balaban J connectivity index is 1.35. The van der Waals surface area contributed by atoms with E-state index in [-0.39, 0.29) is 28.2 Å². The van der Waals surface area contributed by atoms with Gasteiger partial charge >= 0.3 is 0 Å². The molecule has 0 aliphatic carbocycles. The number of nitrogens with one attached hydrogen (secondary N) is 1. The van der Waals surface area contributed by atoms with Gasteiger partial charge in [-0.1, -0.05) is 13.3 Å². The number of rotatable bonds is 8. The third kappa shape index (κ3) is 5.82. The molecule has 2 fully saturated rings. The molecule has 1 N–H and O–H groups in total. The number of Topliss-reactive ketones (excluding diaryl/α,β-unsaturated/α-hetero) is 1. The summed E-state index contributed by atoms with van der Waals surface area (Å²) in [6, 6.07) is 12.5. The highest BCUT2D eigenvalue weighted by molar-refractivity contribution is 7.89. The molecule has 0 saturated carbocycles. The van der Waals surface area contributed by atoms with Crippen LogP contribution in [0.3, 0.4) is 0 Å². The molecule has 0 radical (unpaired) electrons. The molecular weight excluding hydrogens is 498 g/mol. The molecule has 1 unspecified atom stereocenters. The van der Waals surface area contributed by atoms with Crippen LogP contribution in [0.5, 0.6) is 0 Å². The van der Waals surface area contributed by atoms with Crippen molar-refractivity contribution in [2.75, 3.05) is 31.5 Å². The molecule has 10 heteroatoms. The summed E-state index contributed by atoms with van der Waals surface area (Å²) >= 11 is 0. The zero-order valence-electron chi connectivity index (χ0n) is 20.9. The van der Waals surface area contributed by atoms with Crippen LogP contribution in [-0.2, 0) is 20.0 Å². The maximum absolute atomic E-state index is 13.0. The number of anilines is 1. The van der Waals surface area contributed by atoms with Gasteiger partial charge in [0.2, 0.25) is 20.0 Å². The summed E-state index contributed by atoms with van der Waals surface area (Å²) in [5.74, 6) is 0.340. The van der Waals surface area contributed by atoms with E-state index in [0.717, 1.165) is 32.1 Å². The number of hydrogen-bond acceptors (Lipinski definition) is 6. The first-order valence-electron chi connectivity index (χ1n) is 12.6. The number of ketones is 1. The van der Waals surface area contributed by atoms with E-state index in [0.29, 0.717) is 36.8 Å².